The number of hydrogen-bond acceptors (Lipinski definition) is 6. The highest BCUT2D eigenvalue weighted by atomic mass is 16.5. The molecule has 10 heteroatoms. The van der Waals surface area contributed by atoms with Crippen molar-refractivity contribution in [3.8, 4) is 22.9 Å². The highest BCUT2D eigenvalue weighted by Crippen LogP contribution is 2.33. The molecular weight excluding hydrogens is 773 g/mol. The van der Waals surface area contributed by atoms with Crippen LogP contribution in [0.1, 0.15) is 96.4 Å². The van der Waals surface area contributed by atoms with E-state index in [0.29, 0.717) is 0 Å². The van der Waals surface area contributed by atoms with Crippen molar-refractivity contribution in [1.29, 1.82) is 0 Å². The maximum absolute atomic E-state index is 13.3. The van der Waals surface area contributed by atoms with Crippen molar-refractivity contribution in [3.63, 3.8) is 0 Å². The minimum absolute atomic E-state index is 0.0544. The predicted octanol–water partition coefficient (Wildman–Crippen LogP) is 10.5. The number of piperidine rings is 2. The van der Waals surface area contributed by atoms with E-state index in [1.54, 1.807) is 26.9 Å². The van der Waals surface area contributed by atoms with Crippen LogP contribution in [0.15, 0.2) is 121 Å². The lowest BCUT2D eigenvalue weighted by atomic mass is 9.95. The van der Waals surface area contributed by atoms with E-state index in [-0.39, 0.29) is 23.9 Å². The third-order valence-corrected chi connectivity index (χ3v) is 12.0. The van der Waals surface area contributed by atoms with Gasteiger partial charge in [0.25, 0.3) is 0 Å². The zero-order valence-electron chi connectivity index (χ0n) is 37.3. The first-order valence-corrected chi connectivity index (χ1v) is 21.5. The molecule has 62 heavy (non-hydrogen) atoms. The van der Waals surface area contributed by atoms with Crippen LogP contribution in [-0.4, -0.2) is 68.0 Å². The van der Waals surface area contributed by atoms with Crippen LogP contribution in [0.2, 0.25) is 0 Å². The maximum atomic E-state index is 13.3. The first kappa shape index (κ1) is 43.4. The van der Waals surface area contributed by atoms with Gasteiger partial charge >= 0.3 is 0 Å². The van der Waals surface area contributed by atoms with Crippen LogP contribution in [0.3, 0.4) is 0 Å². The van der Waals surface area contributed by atoms with E-state index < -0.39 is 0 Å². The smallest absolute Gasteiger partial charge is 0.250 e. The number of methoxy groups -OCH3 is 2. The number of rotatable bonds is 10. The summed E-state index contributed by atoms with van der Waals surface area (Å²) in [6, 6.07) is 28.7. The number of aromatic nitrogens is 4. The molecule has 4 heterocycles. The van der Waals surface area contributed by atoms with Gasteiger partial charge in [0.2, 0.25) is 11.8 Å². The van der Waals surface area contributed by atoms with Crippen molar-refractivity contribution in [2.45, 2.75) is 79.3 Å². The molecule has 2 atom stereocenters. The van der Waals surface area contributed by atoms with E-state index in [1.807, 2.05) is 118 Å². The molecule has 0 N–H and O–H groups in total. The fourth-order valence-electron chi connectivity index (χ4n) is 8.62. The highest BCUT2D eigenvalue weighted by Gasteiger charge is 2.30. The number of amides is 2. The highest BCUT2D eigenvalue weighted by molar-refractivity contribution is 5.99. The van der Waals surface area contributed by atoms with Gasteiger partial charge in [-0.3, -0.25) is 9.59 Å². The van der Waals surface area contributed by atoms with Gasteiger partial charge in [-0.05, 0) is 137 Å². The predicted molar refractivity (Wildman–Crippen MR) is 247 cm³/mol. The summed E-state index contributed by atoms with van der Waals surface area (Å²) in [7, 11) is 3.33. The number of likely N-dealkylation sites (tertiary alicyclic amines) is 2. The summed E-state index contributed by atoms with van der Waals surface area (Å²) in [4.78, 5) is 39.2. The Morgan fingerprint density at radius 1 is 0.581 bits per heavy atom. The largest absolute Gasteiger partial charge is 0.495 e. The van der Waals surface area contributed by atoms with Crippen molar-refractivity contribution in [3.05, 3.63) is 166 Å². The van der Waals surface area contributed by atoms with E-state index in [4.69, 9.17) is 9.47 Å². The van der Waals surface area contributed by atoms with Crippen molar-refractivity contribution in [2.24, 2.45) is 0 Å². The number of carbonyl (C=O) groups excluding carboxylic acids is 2. The molecular formula is C52H58N6O4. The van der Waals surface area contributed by atoms with Gasteiger partial charge in [-0.25, -0.2) is 9.97 Å². The minimum atomic E-state index is 0.0544. The lowest BCUT2D eigenvalue weighted by Gasteiger charge is -2.34. The molecule has 0 bridgehead atoms. The number of nitrogens with zero attached hydrogens (tertiary/aromatic N) is 6. The SMILES string of the molecule is COc1cc(/C=C2\CCCN([C@@H](C)c3ccccc3C)C2=O)ccc1-n1cnc(C)c1.COc1cc(/C=C2\CCCN([C@H](C)c3ccccc3C)C2=O)ccc1-n1cnc(C)c1. The molecule has 0 unspecified atom stereocenters. The Kier molecular flexibility index (Phi) is 13.6. The second-order valence-electron chi connectivity index (χ2n) is 16.3. The summed E-state index contributed by atoms with van der Waals surface area (Å²) in [6.45, 7) is 13.9. The lowest BCUT2D eigenvalue weighted by Crippen LogP contribution is -2.39. The summed E-state index contributed by atoms with van der Waals surface area (Å²) < 4.78 is 15.1. The summed E-state index contributed by atoms with van der Waals surface area (Å²) >= 11 is 0. The molecule has 8 rings (SSSR count). The average Bonchev–Trinajstić information content (AvgIpc) is 3.92. The first-order valence-electron chi connectivity index (χ1n) is 21.5. The summed E-state index contributed by atoms with van der Waals surface area (Å²) in [6.07, 6.45) is 15.0. The number of carbonyl (C=O) groups is 2. The Morgan fingerprint density at radius 3 is 1.34 bits per heavy atom. The third kappa shape index (κ3) is 9.60. The van der Waals surface area contributed by atoms with Gasteiger partial charge in [0.05, 0.1) is 61.7 Å². The standard InChI is InChI=1S/2C26H29N3O2/c2*1-18-8-5-6-10-23(18)20(3)29-13-7-9-22(26(29)30)14-21-11-12-24(25(15-21)31-4)28-16-19(2)27-17-28/h2*5-6,8,10-12,14-17,20H,7,9,13H2,1-4H3/b2*22-14+/t2*20-/m10/s1. The van der Waals surface area contributed by atoms with Crippen molar-refractivity contribution < 1.29 is 19.1 Å². The van der Waals surface area contributed by atoms with E-state index in [0.717, 1.165) is 95.3 Å². The normalized spacial score (nSPS) is 16.6. The topological polar surface area (TPSA) is 94.7 Å². The molecule has 2 aliphatic heterocycles. The average molecular weight is 831 g/mol. The van der Waals surface area contributed by atoms with Crippen LogP contribution in [0.4, 0.5) is 0 Å². The Labute approximate surface area is 366 Å². The Bertz CT molecular complexity index is 2440. The maximum Gasteiger partial charge on any atom is 0.250 e. The zero-order chi connectivity index (χ0) is 43.9. The number of aryl methyl sites for hydroxylation is 4. The first-order chi connectivity index (χ1) is 29.9. The molecule has 0 aliphatic carbocycles. The number of ether oxygens (including phenoxy) is 2. The fraction of sp³-hybridized carbons (Fsp3) is 0.308. The van der Waals surface area contributed by atoms with Gasteiger partial charge in [0, 0.05) is 36.6 Å². The Morgan fingerprint density at radius 2 is 0.984 bits per heavy atom. The Balaban J connectivity index is 0.000000186. The molecule has 2 amide bonds. The van der Waals surface area contributed by atoms with Crippen LogP contribution >= 0.6 is 0 Å². The second kappa shape index (κ2) is 19.4. The zero-order valence-corrected chi connectivity index (χ0v) is 37.3. The van der Waals surface area contributed by atoms with Crippen molar-refractivity contribution in [2.75, 3.05) is 27.3 Å². The summed E-state index contributed by atoms with van der Waals surface area (Å²) in [5, 5.41) is 0. The van der Waals surface area contributed by atoms with E-state index in [2.05, 4.69) is 61.9 Å². The quantitative estimate of drug-likeness (QED) is 0.128. The minimum Gasteiger partial charge on any atom is -0.495 e. The molecule has 10 nitrogen and oxygen atoms in total. The molecule has 0 spiro atoms. The van der Waals surface area contributed by atoms with Gasteiger partial charge < -0.3 is 28.4 Å². The Hall–Kier alpha value is -6.68. The van der Waals surface area contributed by atoms with Crippen LogP contribution in [0, 0.1) is 27.7 Å². The molecule has 4 aromatic carbocycles. The monoisotopic (exact) mass is 830 g/mol. The van der Waals surface area contributed by atoms with Crippen LogP contribution in [-0.2, 0) is 9.59 Å². The van der Waals surface area contributed by atoms with Crippen molar-refractivity contribution >= 4 is 24.0 Å². The second-order valence-corrected chi connectivity index (χ2v) is 16.3. The summed E-state index contributed by atoms with van der Waals surface area (Å²) in [5.41, 5.74) is 12.2. The van der Waals surface area contributed by atoms with Gasteiger partial charge in [-0.15, -0.1) is 0 Å². The number of imidazole rings is 2. The third-order valence-electron chi connectivity index (χ3n) is 12.0. The molecule has 2 saturated heterocycles. The fourth-order valence-corrected chi connectivity index (χ4v) is 8.62. The van der Waals surface area contributed by atoms with Gasteiger partial charge in [-0.2, -0.15) is 0 Å². The molecule has 0 radical (unpaired) electrons. The van der Waals surface area contributed by atoms with E-state index in [9.17, 15) is 9.59 Å². The van der Waals surface area contributed by atoms with E-state index >= 15 is 0 Å². The van der Waals surface area contributed by atoms with Gasteiger partial charge in [0.1, 0.15) is 11.5 Å². The van der Waals surface area contributed by atoms with Gasteiger partial charge in [-0.1, -0.05) is 60.7 Å². The van der Waals surface area contributed by atoms with E-state index in [1.165, 1.54) is 22.3 Å². The van der Waals surface area contributed by atoms with Crippen LogP contribution < -0.4 is 9.47 Å². The van der Waals surface area contributed by atoms with Crippen LogP contribution in [0.5, 0.6) is 11.5 Å². The number of hydrogen-bond donors (Lipinski definition) is 0. The van der Waals surface area contributed by atoms with Gasteiger partial charge in [0.15, 0.2) is 0 Å². The van der Waals surface area contributed by atoms with Crippen molar-refractivity contribution in [1.82, 2.24) is 28.9 Å². The molecule has 0 saturated carbocycles. The molecule has 2 aromatic heterocycles. The lowest BCUT2D eigenvalue weighted by molar-refractivity contribution is -0.131. The number of benzene rings is 4. The summed E-state index contributed by atoms with van der Waals surface area (Å²) in [5.74, 6) is 1.74. The molecule has 2 aliphatic rings. The molecule has 320 valence electrons. The molecule has 2 fully saturated rings. The molecule has 6 aromatic rings. The van der Waals surface area contributed by atoms with Crippen LogP contribution in [0.25, 0.3) is 23.5 Å².